The van der Waals surface area contributed by atoms with Gasteiger partial charge in [0.15, 0.2) is 0 Å². The Bertz CT molecular complexity index is 369. The maximum Gasteiger partial charge on any atom is 0.123 e. The maximum atomic E-state index is 5.83. The molecule has 0 saturated carbocycles. The molecule has 19 heavy (non-hydrogen) atoms. The Morgan fingerprint density at radius 2 is 2.05 bits per heavy atom. The first-order valence-corrected chi connectivity index (χ1v) is 7.65. The van der Waals surface area contributed by atoms with Crippen molar-refractivity contribution in [3.8, 4) is 5.75 Å². The van der Waals surface area contributed by atoms with Crippen molar-refractivity contribution in [1.29, 1.82) is 0 Å². The number of ether oxygens (including phenoxy) is 2. The molecule has 0 aliphatic rings. The third kappa shape index (κ3) is 6.95. The van der Waals surface area contributed by atoms with Crippen molar-refractivity contribution in [1.82, 2.24) is 5.32 Å². The highest BCUT2D eigenvalue weighted by molar-refractivity contribution is 9.10. The molecule has 0 aliphatic heterocycles. The van der Waals surface area contributed by atoms with Gasteiger partial charge in [0.25, 0.3) is 0 Å². The highest BCUT2D eigenvalue weighted by Gasteiger charge is 2.05. The second kappa shape index (κ2) is 9.34. The molecule has 4 heteroatoms. The second-order valence-electron chi connectivity index (χ2n) is 4.69. The van der Waals surface area contributed by atoms with Gasteiger partial charge in [0, 0.05) is 42.3 Å². The van der Waals surface area contributed by atoms with E-state index in [2.05, 4.69) is 41.2 Å². The van der Waals surface area contributed by atoms with E-state index in [1.807, 2.05) is 19.1 Å². The monoisotopic (exact) mass is 329 g/mol. The van der Waals surface area contributed by atoms with Crippen LogP contribution in [0.2, 0.25) is 0 Å². The van der Waals surface area contributed by atoms with E-state index >= 15 is 0 Å². The number of halogens is 1. The summed E-state index contributed by atoms with van der Waals surface area (Å²) in [7, 11) is 0. The number of hydrogen-bond acceptors (Lipinski definition) is 3. The first-order chi connectivity index (χ1) is 9.13. The molecule has 0 aliphatic carbocycles. The molecular formula is C15H24BrNO2. The zero-order valence-electron chi connectivity index (χ0n) is 12.0. The van der Waals surface area contributed by atoms with Crippen LogP contribution >= 0.6 is 15.9 Å². The molecule has 0 heterocycles. The van der Waals surface area contributed by atoms with Gasteiger partial charge >= 0.3 is 0 Å². The third-order valence-corrected chi connectivity index (χ3v) is 3.11. The van der Waals surface area contributed by atoms with E-state index in [1.165, 1.54) is 5.56 Å². The molecule has 0 amide bonds. The molecule has 1 N–H and O–H groups in total. The molecule has 0 spiro atoms. The standard InChI is InChI=1S/C15H24BrNO2/c1-4-18-8-5-9-19-15-7-6-14(16)10-13(15)11-17-12(2)3/h6-7,10,12,17H,4-5,8-9,11H2,1-3H3. The van der Waals surface area contributed by atoms with Crippen LogP contribution in [-0.4, -0.2) is 25.9 Å². The molecule has 1 rings (SSSR count). The van der Waals surface area contributed by atoms with Crippen LogP contribution in [0.1, 0.15) is 32.8 Å². The van der Waals surface area contributed by atoms with Crippen molar-refractivity contribution in [3.05, 3.63) is 28.2 Å². The van der Waals surface area contributed by atoms with Gasteiger partial charge in [-0.2, -0.15) is 0 Å². The molecule has 108 valence electrons. The first kappa shape index (κ1) is 16.5. The Balaban J connectivity index is 2.50. The maximum absolute atomic E-state index is 5.83. The predicted octanol–water partition coefficient (Wildman–Crippen LogP) is 3.75. The summed E-state index contributed by atoms with van der Waals surface area (Å²) in [5.74, 6) is 0.952. The lowest BCUT2D eigenvalue weighted by Gasteiger charge is -2.14. The summed E-state index contributed by atoms with van der Waals surface area (Å²) in [6.45, 7) is 9.31. The minimum atomic E-state index is 0.463. The van der Waals surface area contributed by atoms with E-state index in [0.29, 0.717) is 12.6 Å². The summed E-state index contributed by atoms with van der Waals surface area (Å²) in [4.78, 5) is 0. The van der Waals surface area contributed by atoms with Crippen LogP contribution in [0.3, 0.4) is 0 Å². The minimum absolute atomic E-state index is 0.463. The summed E-state index contributed by atoms with van der Waals surface area (Å²) in [5, 5.41) is 3.41. The van der Waals surface area contributed by atoms with E-state index in [-0.39, 0.29) is 0 Å². The van der Waals surface area contributed by atoms with Gasteiger partial charge in [0.2, 0.25) is 0 Å². The Morgan fingerprint density at radius 1 is 1.26 bits per heavy atom. The van der Waals surface area contributed by atoms with Crippen LogP contribution in [0.5, 0.6) is 5.75 Å². The highest BCUT2D eigenvalue weighted by atomic mass is 79.9. The van der Waals surface area contributed by atoms with Crippen LogP contribution in [-0.2, 0) is 11.3 Å². The summed E-state index contributed by atoms with van der Waals surface area (Å²) in [6.07, 6.45) is 0.918. The van der Waals surface area contributed by atoms with Crippen LogP contribution < -0.4 is 10.1 Å². The van der Waals surface area contributed by atoms with Crippen molar-refractivity contribution in [3.63, 3.8) is 0 Å². The van der Waals surface area contributed by atoms with Gasteiger partial charge in [0.05, 0.1) is 6.61 Å². The fraction of sp³-hybridized carbons (Fsp3) is 0.600. The van der Waals surface area contributed by atoms with Gasteiger partial charge in [-0.25, -0.2) is 0 Å². The van der Waals surface area contributed by atoms with Crippen molar-refractivity contribution < 1.29 is 9.47 Å². The number of benzene rings is 1. The Morgan fingerprint density at radius 3 is 2.74 bits per heavy atom. The predicted molar refractivity (Wildman–Crippen MR) is 82.7 cm³/mol. The number of rotatable bonds is 9. The minimum Gasteiger partial charge on any atom is -0.493 e. The van der Waals surface area contributed by atoms with Crippen LogP contribution in [0.4, 0.5) is 0 Å². The molecule has 0 fully saturated rings. The van der Waals surface area contributed by atoms with Gasteiger partial charge in [-0.1, -0.05) is 29.8 Å². The molecule has 1 aromatic rings. The molecule has 3 nitrogen and oxygen atoms in total. The molecule has 0 radical (unpaired) electrons. The number of hydrogen-bond donors (Lipinski definition) is 1. The van der Waals surface area contributed by atoms with E-state index in [1.54, 1.807) is 0 Å². The lowest BCUT2D eigenvalue weighted by Crippen LogP contribution is -2.22. The smallest absolute Gasteiger partial charge is 0.123 e. The zero-order chi connectivity index (χ0) is 14.1. The lowest BCUT2D eigenvalue weighted by atomic mass is 10.2. The average molecular weight is 330 g/mol. The van der Waals surface area contributed by atoms with Gasteiger partial charge < -0.3 is 14.8 Å². The van der Waals surface area contributed by atoms with Crippen LogP contribution in [0, 0.1) is 0 Å². The van der Waals surface area contributed by atoms with Crippen molar-refractivity contribution in [2.24, 2.45) is 0 Å². The topological polar surface area (TPSA) is 30.5 Å². The Kier molecular flexibility index (Phi) is 8.10. The quantitative estimate of drug-likeness (QED) is 0.700. The summed E-state index contributed by atoms with van der Waals surface area (Å²) >= 11 is 3.50. The van der Waals surface area contributed by atoms with Gasteiger partial charge in [-0.15, -0.1) is 0 Å². The summed E-state index contributed by atoms with van der Waals surface area (Å²) in [6, 6.07) is 6.59. The molecule has 0 atom stereocenters. The van der Waals surface area contributed by atoms with Crippen molar-refractivity contribution in [2.45, 2.75) is 39.8 Å². The summed E-state index contributed by atoms with van der Waals surface area (Å²) in [5.41, 5.74) is 1.18. The fourth-order valence-corrected chi connectivity index (χ4v) is 2.04. The van der Waals surface area contributed by atoms with E-state index in [9.17, 15) is 0 Å². The van der Waals surface area contributed by atoms with Crippen molar-refractivity contribution >= 4 is 15.9 Å². The van der Waals surface area contributed by atoms with E-state index in [0.717, 1.165) is 36.4 Å². The molecular weight excluding hydrogens is 306 g/mol. The largest absolute Gasteiger partial charge is 0.493 e. The van der Waals surface area contributed by atoms with Crippen molar-refractivity contribution in [2.75, 3.05) is 19.8 Å². The van der Waals surface area contributed by atoms with Crippen LogP contribution in [0.25, 0.3) is 0 Å². The SMILES string of the molecule is CCOCCCOc1ccc(Br)cc1CNC(C)C. The van der Waals surface area contributed by atoms with Gasteiger partial charge in [0.1, 0.15) is 5.75 Å². The average Bonchev–Trinajstić information content (AvgIpc) is 2.38. The zero-order valence-corrected chi connectivity index (χ0v) is 13.6. The molecule has 0 saturated heterocycles. The highest BCUT2D eigenvalue weighted by Crippen LogP contribution is 2.23. The molecule has 0 bridgehead atoms. The second-order valence-corrected chi connectivity index (χ2v) is 5.60. The van der Waals surface area contributed by atoms with Gasteiger partial charge in [-0.3, -0.25) is 0 Å². The molecule has 0 unspecified atom stereocenters. The Labute approximate surface area is 124 Å². The fourth-order valence-electron chi connectivity index (χ4n) is 1.63. The lowest BCUT2D eigenvalue weighted by molar-refractivity contribution is 0.130. The van der Waals surface area contributed by atoms with E-state index < -0.39 is 0 Å². The first-order valence-electron chi connectivity index (χ1n) is 6.85. The molecule has 0 aromatic heterocycles. The van der Waals surface area contributed by atoms with E-state index in [4.69, 9.17) is 9.47 Å². The van der Waals surface area contributed by atoms with Gasteiger partial charge in [-0.05, 0) is 25.1 Å². The third-order valence-electron chi connectivity index (χ3n) is 2.62. The molecule has 1 aromatic carbocycles. The number of nitrogens with one attached hydrogen (secondary N) is 1. The summed E-state index contributed by atoms with van der Waals surface area (Å²) < 4.78 is 12.2. The normalized spacial score (nSPS) is 11.0. The van der Waals surface area contributed by atoms with Crippen LogP contribution in [0.15, 0.2) is 22.7 Å². The Hall–Kier alpha value is -0.580.